The van der Waals surface area contributed by atoms with Crippen LogP contribution in [0, 0.1) is 3.57 Å². The molecule has 0 aliphatic heterocycles. The van der Waals surface area contributed by atoms with Crippen molar-refractivity contribution in [3.05, 3.63) is 64.2 Å². The average molecular weight is 475 g/mol. The summed E-state index contributed by atoms with van der Waals surface area (Å²) >= 11 is 2.23. The van der Waals surface area contributed by atoms with Crippen molar-refractivity contribution in [2.75, 3.05) is 37.9 Å². The lowest BCUT2D eigenvalue weighted by molar-refractivity contribution is 0.260. The lowest BCUT2D eigenvalue weighted by Crippen LogP contribution is -2.20. The average Bonchev–Trinajstić information content (AvgIpc) is 2.64. The first-order chi connectivity index (χ1) is 13.0. The van der Waals surface area contributed by atoms with E-state index in [-0.39, 0.29) is 6.03 Å². The third kappa shape index (κ3) is 5.33. The molecule has 27 heavy (non-hydrogen) atoms. The van der Waals surface area contributed by atoms with Crippen molar-refractivity contribution in [3.8, 4) is 5.75 Å². The minimum atomic E-state index is -0.285. The van der Waals surface area contributed by atoms with Crippen molar-refractivity contribution in [1.82, 2.24) is 4.90 Å². The molecule has 140 valence electrons. The van der Waals surface area contributed by atoms with Crippen LogP contribution in [0.3, 0.4) is 0 Å². The predicted molar refractivity (Wildman–Crippen MR) is 120 cm³/mol. The second kappa shape index (κ2) is 9.05. The molecule has 3 aromatic carbocycles. The van der Waals surface area contributed by atoms with Crippen LogP contribution in [0.25, 0.3) is 10.8 Å². The Morgan fingerprint density at radius 1 is 1.04 bits per heavy atom. The number of halogens is 1. The molecule has 2 N–H and O–H groups in total. The number of nitrogens with one attached hydrogen (secondary N) is 2. The molecule has 3 rings (SSSR count). The number of carbonyl (C=O) groups is 1. The molecule has 0 spiro atoms. The lowest BCUT2D eigenvalue weighted by atomic mass is 10.1. The smallest absolute Gasteiger partial charge is 0.323 e. The molecular formula is C21H22IN3O2. The van der Waals surface area contributed by atoms with Gasteiger partial charge in [-0.15, -0.1) is 0 Å². The van der Waals surface area contributed by atoms with E-state index in [1.54, 1.807) is 0 Å². The maximum atomic E-state index is 12.5. The van der Waals surface area contributed by atoms with Gasteiger partial charge in [-0.3, -0.25) is 0 Å². The monoisotopic (exact) mass is 475 g/mol. The topological polar surface area (TPSA) is 53.6 Å². The highest BCUT2D eigenvalue weighted by Gasteiger charge is 2.08. The van der Waals surface area contributed by atoms with Crippen molar-refractivity contribution in [3.63, 3.8) is 0 Å². The number of nitrogens with zero attached hydrogens (tertiary/aromatic N) is 1. The molecule has 0 aromatic heterocycles. The van der Waals surface area contributed by atoms with E-state index in [0.717, 1.165) is 32.3 Å². The molecule has 0 bridgehead atoms. The number of ether oxygens (including phenoxy) is 1. The van der Waals surface area contributed by atoms with Crippen LogP contribution in [-0.2, 0) is 0 Å². The van der Waals surface area contributed by atoms with Gasteiger partial charge >= 0.3 is 6.03 Å². The molecule has 0 saturated heterocycles. The summed E-state index contributed by atoms with van der Waals surface area (Å²) in [5, 5.41) is 7.89. The Labute approximate surface area is 172 Å². The Balaban J connectivity index is 1.68. The predicted octanol–water partition coefficient (Wildman–Crippen LogP) is 5.03. The first-order valence-electron chi connectivity index (χ1n) is 8.66. The van der Waals surface area contributed by atoms with E-state index in [4.69, 9.17) is 4.74 Å². The summed E-state index contributed by atoms with van der Waals surface area (Å²) in [5.74, 6) is 0.764. The number of benzene rings is 3. The number of amides is 2. The van der Waals surface area contributed by atoms with Crippen LogP contribution in [0.2, 0.25) is 0 Å². The van der Waals surface area contributed by atoms with Gasteiger partial charge in [0.15, 0.2) is 0 Å². The summed E-state index contributed by atoms with van der Waals surface area (Å²) in [5.41, 5.74) is 1.46. The van der Waals surface area contributed by atoms with Crippen molar-refractivity contribution in [2.24, 2.45) is 0 Å². The van der Waals surface area contributed by atoms with Crippen molar-refractivity contribution < 1.29 is 9.53 Å². The van der Waals surface area contributed by atoms with Crippen LogP contribution in [0.5, 0.6) is 5.75 Å². The molecule has 0 aliphatic rings. The Kier molecular flexibility index (Phi) is 6.52. The minimum absolute atomic E-state index is 0.285. The van der Waals surface area contributed by atoms with Gasteiger partial charge in [-0.1, -0.05) is 36.4 Å². The minimum Gasteiger partial charge on any atom is -0.491 e. The zero-order valence-corrected chi connectivity index (χ0v) is 17.5. The molecule has 0 atom stereocenters. The van der Waals surface area contributed by atoms with Gasteiger partial charge in [0.2, 0.25) is 0 Å². The number of fused-ring (bicyclic) bond motifs is 1. The maximum absolute atomic E-state index is 12.5. The van der Waals surface area contributed by atoms with Crippen LogP contribution in [0.15, 0.2) is 60.7 Å². The van der Waals surface area contributed by atoms with Crippen LogP contribution in [0.4, 0.5) is 16.2 Å². The summed E-state index contributed by atoms with van der Waals surface area (Å²) < 4.78 is 6.83. The highest BCUT2D eigenvalue weighted by Crippen LogP contribution is 2.26. The van der Waals surface area contributed by atoms with Crippen LogP contribution in [-0.4, -0.2) is 38.2 Å². The molecule has 0 heterocycles. The molecular weight excluding hydrogens is 453 g/mol. The first kappa shape index (κ1) is 19.4. The molecule has 0 fully saturated rings. The van der Waals surface area contributed by atoms with Crippen LogP contribution in [0.1, 0.15) is 0 Å². The normalized spacial score (nSPS) is 10.8. The van der Waals surface area contributed by atoms with Gasteiger partial charge in [-0.05, 0) is 60.3 Å². The van der Waals surface area contributed by atoms with Gasteiger partial charge in [0.25, 0.3) is 0 Å². The van der Waals surface area contributed by atoms with Crippen LogP contribution < -0.4 is 15.4 Å². The Hall–Kier alpha value is -2.32. The molecule has 5 nitrogen and oxygen atoms in total. The van der Waals surface area contributed by atoms with Gasteiger partial charge < -0.3 is 20.3 Å². The largest absolute Gasteiger partial charge is 0.491 e. The van der Waals surface area contributed by atoms with E-state index in [0.29, 0.717) is 12.3 Å². The lowest BCUT2D eigenvalue weighted by Gasteiger charge is -2.14. The fraction of sp³-hybridized carbons (Fsp3) is 0.190. The number of rotatable bonds is 6. The number of hydrogen-bond donors (Lipinski definition) is 2. The number of likely N-dealkylation sites (N-methyl/N-ethyl adjacent to an activating group) is 1. The molecule has 0 saturated carbocycles. The third-order valence-electron chi connectivity index (χ3n) is 4.02. The Morgan fingerprint density at radius 2 is 1.81 bits per heavy atom. The van der Waals surface area contributed by atoms with Gasteiger partial charge in [-0.25, -0.2) is 4.79 Å². The van der Waals surface area contributed by atoms with E-state index in [1.165, 1.54) is 0 Å². The molecule has 0 aliphatic carbocycles. The van der Waals surface area contributed by atoms with E-state index in [1.807, 2.05) is 74.8 Å². The Morgan fingerprint density at radius 3 is 2.63 bits per heavy atom. The van der Waals surface area contributed by atoms with Crippen molar-refractivity contribution >= 4 is 50.8 Å². The summed E-state index contributed by atoms with van der Waals surface area (Å²) in [6, 6.07) is 19.2. The van der Waals surface area contributed by atoms with Crippen molar-refractivity contribution in [2.45, 2.75) is 0 Å². The van der Waals surface area contributed by atoms with E-state index in [2.05, 4.69) is 38.1 Å². The van der Waals surface area contributed by atoms with Gasteiger partial charge in [0.05, 0.1) is 9.26 Å². The summed E-state index contributed by atoms with van der Waals surface area (Å²) in [7, 11) is 4.01. The molecule has 0 unspecified atom stereocenters. The number of carbonyl (C=O) groups excluding carboxylic acids is 1. The second-order valence-corrected chi connectivity index (χ2v) is 7.56. The van der Waals surface area contributed by atoms with Gasteiger partial charge in [-0.2, -0.15) is 0 Å². The second-order valence-electron chi connectivity index (χ2n) is 6.40. The quantitative estimate of drug-likeness (QED) is 0.492. The van der Waals surface area contributed by atoms with E-state index >= 15 is 0 Å². The molecule has 6 heteroatoms. The third-order valence-corrected chi connectivity index (χ3v) is 4.91. The maximum Gasteiger partial charge on any atom is 0.323 e. The Bertz CT molecular complexity index is 938. The van der Waals surface area contributed by atoms with E-state index in [9.17, 15) is 4.79 Å². The van der Waals surface area contributed by atoms with Crippen LogP contribution >= 0.6 is 22.6 Å². The molecule has 3 aromatic rings. The SMILES string of the molecule is CN(C)CCOc1cc(NC(=O)Nc2cccc3ccccc23)ccc1I. The summed E-state index contributed by atoms with van der Waals surface area (Å²) in [6.45, 7) is 1.42. The molecule has 2 amide bonds. The molecule has 0 radical (unpaired) electrons. The zero-order valence-electron chi connectivity index (χ0n) is 15.3. The fourth-order valence-corrected chi connectivity index (χ4v) is 3.14. The number of anilines is 2. The van der Waals surface area contributed by atoms with Gasteiger partial charge in [0, 0.05) is 23.7 Å². The van der Waals surface area contributed by atoms with Crippen molar-refractivity contribution in [1.29, 1.82) is 0 Å². The fourth-order valence-electron chi connectivity index (χ4n) is 2.65. The zero-order chi connectivity index (χ0) is 19.2. The number of hydrogen-bond acceptors (Lipinski definition) is 3. The highest BCUT2D eigenvalue weighted by molar-refractivity contribution is 14.1. The summed E-state index contributed by atoms with van der Waals surface area (Å²) in [6.07, 6.45) is 0. The summed E-state index contributed by atoms with van der Waals surface area (Å²) in [4.78, 5) is 14.5. The van der Waals surface area contributed by atoms with Gasteiger partial charge in [0.1, 0.15) is 12.4 Å². The number of urea groups is 1. The standard InChI is InChI=1S/C21H22IN3O2/c1-25(2)12-13-27-20-14-16(10-11-18(20)22)23-21(26)24-19-9-5-7-15-6-3-4-8-17(15)19/h3-11,14H,12-13H2,1-2H3,(H2,23,24,26). The van der Waals surface area contributed by atoms with E-state index < -0.39 is 0 Å². The first-order valence-corrected chi connectivity index (χ1v) is 9.73. The highest BCUT2D eigenvalue weighted by atomic mass is 127.